The van der Waals surface area contributed by atoms with Crippen LogP contribution in [0.2, 0.25) is 0 Å². The van der Waals surface area contributed by atoms with Crippen LogP contribution in [0.15, 0.2) is 28.2 Å². The molecular weight excluding hydrogens is 340 g/mol. The van der Waals surface area contributed by atoms with Crippen LogP contribution in [0.4, 0.5) is 0 Å². The third-order valence-electron chi connectivity index (χ3n) is 5.28. The maximum atomic E-state index is 12.9. The molecule has 132 valence electrons. The van der Waals surface area contributed by atoms with Crippen molar-refractivity contribution in [2.75, 3.05) is 0 Å². The number of carboxylic acids is 1. The Morgan fingerprint density at radius 2 is 2.20 bits per heavy atom. The van der Waals surface area contributed by atoms with E-state index in [0.29, 0.717) is 23.9 Å². The highest BCUT2D eigenvalue weighted by atomic mass is 32.1. The van der Waals surface area contributed by atoms with Crippen LogP contribution in [-0.2, 0) is 16.0 Å². The highest BCUT2D eigenvalue weighted by Gasteiger charge is 2.47. The van der Waals surface area contributed by atoms with E-state index in [4.69, 9.17) is 4.42 Å². The first-order valence-corrected chi connectivity index (χ1v) is 9.53. The first-order chi connectivity index (χ1) is 12.1. The number of rotatable bonds is 4. The molecule has 1 amide bonds. The SMILES string of the molecule is O=C(O)C1CC2CCCCC2N1C(=O)Cc1coc(-c2cccs2)n1. The first kappa shape index (κ1) is 16.3. The van der Waals surface area contributed by atoms with Crippen molar-refractivity contribution in [1.29, 1.82) is 0 Å². The van der Waals surface area contributed by atoms with Crippen molar-refractivity contribution in [2.24, 2.45) is 5.92 Å². The molecule has 2 aromatic heterocycles. The Kier molecular flexibility index (Phi) is 4.33. The smallest absolute Gasteiger partial charge is 0.326 e. The molecule has 2 aromatic rings. The second kappa shape index (κ2) is 6.63. The zero-order chi connectivity index (χ0) is 17.4. The molecule has 7 heteroatoms. The molecule has 2 fully saturated rings. The van der Waals surface area contributed by atoms with Crippen molar-refractivity contribution < 1.29 is 19.1 Å². The summed E-state index contributed by atoms with van der Waals surface area (Å²) in [6.45, 7) is 0. The molecule has 0 radical (unpaired) electrons. The fourth-order valence-corrected chi connectivity index (χ4v) is 4.84. The monoisotopic (exact) mass is 360 g/mol. The molecule has 0 spiro atoms. The fourth-order valence-electron chi connectivity index (χ4n) is 4.19. The molecule has 1 N–H and O–H groups in total. The largest absolute Gasteiger partial charge is 0.480 e. The average Bonchev–Trinajstić information content (AvgIpc) is 3.33. The van der Waals surface area contributed by atoms with Crippen LogP contribution < -0.4 is 0 Å². The molecular formula is C18H20N2O4S. The van der Waals surface area contributed by atoms with E-state index < -0.39 is 12.0 Å². The summed E-state index contributed by atoms with van der Waals surface area (Å²) in [5, 5.41) is 11.5. The lowest BCUT2D eigenvalue weighted by Crippen LogP contribution is -2.46. The minimum absolute atomic E-state index is 0.0611. The quantitative estimate of drug-likeness (QED) is 0.905. The third kappa shape index (κ3) is 3.08. The van der Waals surface area contributed by atoms with Crippen LogP contribution in [0.25, 0.3) is 10.8 Å². The third-order valence-corrected chi connectivity index (χ3v) is 6.13. The van der Waals surface area contributed by atoms with Gasteiger partial charge in [-0.1, -0.05) is 18.9 Å². The molecule has 1 aliphatic carbocycles. The van der Waals surface area contributed by atoms with Crippen LogP contribution in [0.1, 0.15) is 37.8 Å². The maximum Gasteiger partial charge on any atom is 0.326 e. The van der Waals surface area contributed by atoms with E-state index in [0.717, 1.165) is 30.6 Å². The zero-order valence-electron chi connectivity index (χ0n) is 13.8. The number of thiophene rings is 1. The number of fused-ring (bicyclic) bond motifs is 1. The van der Waals surface area contributed by atoms with E-state index in [1.165, 1.54) is 17.6 Å². The second-order valence-electron chi connectivity index (χ2n) is 6.80. The van der Waals surface area contributed by atoms with Crippen molar-refractivity contribution in [2.45, 2.75) is 50.6 Å². The number of oxazole rings is 1. The number of amides is 1. The summed E-state index contributed by atoms with van der Waals surface area (Å²) >= 11 is 1.52. The van der Waals surface area contributed by atoms with Crippen LogP contribution in [0.3, 0.4) is 0 Å². The summed E-state index contributed by atoms with van der Waals surface area (Å²) in [7, 11) is 0. The van der Waals surface area contributed by atoms with E-state index in [1.807, 2.05) is 17.5 Å². The Morgan fingerprint density at radius 1 is 1.36 bits per heavy atom. The molecule has 3 heterocycles. The standard InChI is InChI=1S/C18H20N2O4S/c21-16(9-12-10-24-17(19-12)15-6-3-7-25-15)20-13-5-2-1-4-11(13)8-14(20)18(22)23/h3,6-7,10-11,13-14H,1-2,4-5,8-9H2,(H,22,23). The summed E-state index contributed by atoms with van der Waals surface area (Å²) in [4.78, 5) is 31.4. The van der Waals surface area contributed by atoms with Crippen molar-refractivity contribution in [1.82, 2.24) is 9.88 Å². The van der Waals surface area contributed by atoms with E-state index in [9.17, 15) is 14.7 Å². The van der Waals surface area contributed by atoms with Gasteiger partial charge in [0, 0.05) is 6.04 Å². The van der Waals surface area contributed by atoms with Gasteiger partial charge < -0.3 is 14.4 Å². The number of nitrogens with zero attached hydrogens (tertiary/aromatic N) is 2. The molecule has 6 nitrogen and oxygen atoms in total. The number of hydrogen-bond donors (Lipinski definition) is 1. The number of hydrogen-bond acceptors (Lipinski definition) is 5. The predicted octanol–water partition coefficient (Wildman–Crippen LogP) is 3.19. The lowest BCUT2D eigenvalue weighted by molar-refractivity contribution is -0.149. The minimum atomic E-state index is -0.901. The number of carboxylic acid groups (broad SMARTS) is 1. The van der Waals surface area contributed by atoms with E-state index in [2.05, 4.69) is 4.98 Å². The van der Waals surface area contributed by atoms with E-state index in [1.54, 1.807) is 4.90 Å². The van der Waals surface area contributed by atoms with Gasteiger partial charge in [0.2, 0.25) is 11.8 Å². The van der Waals surface area contributed by atoms with Gasteiger partial charge in [-0.05, 0) is 36.6 Å². The molecule has 2 aliphatic rings. The minimum Gasteiger partial charge on any atom is -0.480 e. The van der Waals surface area contributed by atoms with Crippen LogP contribution in [0, 0.1) is 5.92 Å². The molecule has 0 bridgehead atoms. The summed E-state index contributed by atoms with van der Waals surface area (Å²) in [6.07, 6.45) is 6.26. The lowest BCUT2D eigenvalue weighted by Gasteiger charge is -2.32. The summed E-state index contributed by atoms with van der Waals surface area (Å²) in [6, 6.07) is 3.19. The molecule has 1 saturated heterocycles. The summed E-state index contributed by atoms with van der Waals surface area (Å²) < 4.78 is 5.47. The Balaban J connectivity index is 1.52. The molecule has 1 saturated carbocycles. The summed E-state index contributed by atoms with van der Waals surface area (Å²) in [5.41, 5.74) is 0.553. The molecule has 3 unspecified atom stereocenters. The van der Waals surface area contributed by atoms with Crippen LogP contribution in [0.5, 0.6) is 0 Å². The van der Waals surface area contributed by atoms with Crippen molar-refractivity contribution in [3.8, 4) is 10.8 Å². The Labute approximate surface area is 149 Å². The first-order valence-electron chi connectivity index (χ1n) is 8.65. The fraction of sp³-hybridized carbons (Fsp3) is 0.500. The van der Waals surface area contributed by atoms with Gasteiger partial charge in [-0.25, -0.2) is 9.78 Å². The van der Waals surface area contributed by atoms with Crippen molar-refractivity contribution >= 4 is 23.2 Å². The number of likely N-dealkylation sites (tertiary alicyclic amines) is 1. The van der Waals surface area contributed by atoms with Gasteiger partial charge in [0.1, 0.15) is 12.3 Å². The van der Waals surface area contributed by atoms with E-state index in [-0.39, 0.29) is 18.4 Å². The molecule has 25 heavy (non-hydrogen) atoms. The van der Waals surface area contributed by atoms with Gasteiger partial charge >= 0.3 is 5.97 Å². The number of aliphatic carboxylic acids is 1. The van der Waals surface area contributed by atoms with Gasteiger partial charge in [-0.3, -0.25) is 4.79 Å². The topological polar surface area (TPSA) is 83.6 Å². The van der Waals surface area contributed by atoms with Crippen molar-refractivity contribution in [3.05, 3.63) is 29.5 Å². The zero-order valence-corrected chi connectivity index (χ0v) is 14.6. The normalized spacial score (nSPS) is 25.8. The highest BCUT2D eigenvalue weighted by molar-refractivity contribution is 7.13. The Bertz CT molecular complexity index is 770. The average molecular weight is 360 g/mol. The van der Waals surface area contributed by atoms with Crippen LogP contribution >= 0.6 is 11.3 Å². The molecule has 4 rings (SSSR count). The van der Waals surface area contributed by atoms with Crippen LogP contribution in [-0.4, -0.2) is 39.0 Å². The molecule has 0 aromatic carbocycles. The number of carbonyl (C=O) groups excluding carboxylic acids is 1. The van der Waals surface area contributed by atoms with Gasteiger partial charge in [0.05, 0.1) is 17.0 Å². The second-order valence-corrected chi connectivity index (χ2v) is 7.75. The molecule has 1 aliphatic heterocycles. The Hall–Kier alpha value is -2.15. The molecule has 3 atom stereocenters. The van der Waals surface area contributed by atoms with Crippen molar-refractivity contribution in [3.63, 3.8) is 0 Å². The van der Waals surface area contributed by atoms with Gasteiger partial charge in [-0.2, -0.15) is 0 Å². The van der Waals surface area contributed by atoms with E-state index >= 15 is 0 Å². The van der Waals surface area contributed by atoms with Gasteiger partial charge in [-0.15, -0.1) is 11.3 Å². The maximum absolute atomic E-state index is 12.9. The number of carbonyl (C=O) groups is 2. The van der Waals surface area contributed by atoms with Gasteiger partial charge in [0.15, 0.2) is 0 Å². The lowest BCUT2D eigenvalue weighted by atomic mass is 9.84. The van der Waals surface area contributed by atoms with Gasteiger partial charge in [0.25, 0.3) is 0 Å². The highest BCUT2D eigenvalue weighted by Crippen LogP contribution is 2.40. The predicted molar refractivity (Wildman–Crippen MR) is 92.2 cm³/mol. The Morgan fingerprint density at radius 3 is 2.96 bits per heavy atom. The number of aromatic nitrogens is 1. The summed E-state index contributed by atoms with van der Waals surface area (Å²) in [5.74, 6) is -0.239.